The lowest BCUT2D eigenvalue weighted by atomic mass is 9.73. The van der Waals surface area contributed by atoms with Gasteiger partial charge in [0.2, 0.25) is 0 Å². The van der Waals surface area contributed by atoms with E-state index in [9.17, 15) is 14.0 Å². The molecule has 2 N–H and O–H groups in total. The molecule has 2 rings (SSSR count). The number of allylic oxidation sites excluding steroid dienone is 2. The van der Waals surface area contributed by atoms with Gasteiger partial charge < -0.3 is 10.6 Å². The number of amides is 1. The summed E-state index contributed by atoms with van der Waals surface area (Å²) in [6.45, 7) is 4.22. The van der Waals surface area contributed by atoms with Crippen LogP contribution in [-0.4, -0.2) is 30.2 Å². The number of ketones is 1. The number of Topliss-reactive ketones (excluding diaryl/α,β-unsaturated/α-hetero) is 1. The second-order valence-electron chi connectivity index (χ2n) is 7.12. The van der Waals surface area contributed by atoms with Crippen molar-refractivity contribution in [3.05, 3.63) is 46.9 Å². The molecule has 0 aliphatic heterocycles. The number of carbonyl (C=O) groups is 2. The summed E-state index contributed by atoms with van der Waals surface area (Å²) in [7, 11) is 1.66. The summed E-state index contributed by atoms with van der Waals surface area (Å²) in [5.74, 6) is -0.842. The van der Waals surface area contributed by atoms with Crippen LogP contribution in [0.2, 0.25) is 0 Å². The van der Waals surface area contributed by atoms with Crippen LogP contribution in [-0.2, 0) is 4.79 Å². The Labute approximate surface area is 146 Å². The van der Waals surface area contributed by atoms with Crippen molar-refractivity contribution in [3.8, 4) is 6.07 Å². The molecule has 0 aromatic heterocycles. The van der Waals surface area contributed by atoms with E-state index in [2.05, 4.69) is 0 Å². The normalized spacial score (nSPS) is 19.1. The van der Waals surface area contributed by atoms with Crippen molar-refractivity contribution in [1.82, 2.24) is 4.90 Å². The van der Waals surface area contributed by atoms with Crippen molar-refractivity contribution in [2.75, 3.05) is 13.6 Å². The van der Waals surface area contributed by atoms with Crippen molar-refractivity contribution in [1.29, 1.82) is 5.26 Å². The molecular weight excluding hydrogens is 321 g/mol. The van der Waals surface area contributed by atoms with E-state index in [0.717, 1.165) is 6.07 Å². The number of halogens is 1. The third-order valence-electron chi connectivity index (χ3n) is 4.58. The number of rotatable bonds is 4. The fraction of sp³-hybridized carbons (Fsp3) is 0.421. The van der Waals surface area contributed by atoms with Gasteiger partial charge in [0.15, 0.2) is 5.78 Å². The zero-order chi connectivity index (χ0) is 18.8. The first-order valence-corrected chi connectivity index (χ1v) is 8.13. The molecule has 6 heteroatoms. The van der Waals surface area contributed by atoms with E-state index in [1.807, 2.05) is 13.8 Å². The molecule has 1 aromatic rings. The molecule has 1 atom stereocenters. The Morgan fingerprint density at radius 2 is 2.16 bits per heavy atom. The molecule has 1 unspecified atom stereocenters. The molecule has 0 saturated carbocycles. The molecule has 0 fully saturated rings. The van der Waals surface area contributed by atoms with Gasteiger partial charge in [-0.3, -0.25) is 9.59 Å². The van der Waals surface area contributed by atoms with Crippen molar-refractivity contribution in [3.63, 3.8) is 0 Å². The number of carbonyl (C=O) groups excluding carboxylic acids is 2. The van der Waals surface area contributed by atoms with Crippen molar-refractivity contribution in [2.24, 2.45) is 17.1 Å². The molecule has 1 amide bonds. The van der Waals surface area contributed by atoms with Crippen LogP contribution in [0.4, 0.5) is 4.39 Å². The quantitative estimate of drug-likeness (QED) is 0.910. The smallest absolute Gasteiger partial charge is 0.253 e. The zero-order valence-corrected chi connectivity index (χ0v) is 14.7. The number of nitrogens with two attached hydrogens (primary N) is 1. The fourth-order valence-electron chi connectivity index (χ4n) is 3.14. The van der Waals surface area contributed by atoms with Crippen LogP contribution in [0.15, 0.2) is 30.0 Å². The van der Waals surface area contributed by atoms with Gasteiger partial charge in [0, 0.05) is 24.6 Å². The summed E-state index contributed by atoms with van der Waals surface area (Å²) >= 11 is 0. The topological polar surface area (TPSA) is 87.2 Å². The van der Waals surface area contributed by atoms with Gasteiger partial charge in [-0.2, -0.15) is 5.26 Å². The van der Waals surface area contributed by atoms with E-state index < -0.39 is 11.2 Å². The van der Waals surface area contributed by atoms with Gasteiger partial charge in [0.25, 0.3) is 5.91 Å². The maximum absolute atomic E-state index is 13.4. The predicted molar refractivity (Wildman–Crippen MR) is 91.9 cm³/mol. The van der Waals surface area contributed by atoms with Crippen LogP contribution >= 0.6 is 0 Å². The van der Waals surface area contributed by atoms with E-state index in [1.54, 1.807) is 19.2 Å². The second-order valence-corrected chi connectivity index (χ2v) is 7.12. The van der Waals surface area contributed by atoms with Crippen LogP contribution < -0.4 is 5.73 Å². The summed E-state index contributed by atoms with van der Waals surface area (Å²) < 4.78 is 13.4. The lowest BCUT2D eigenvalue weighted by Crippen LogP contribution is -2.36. The average molecular weight is 343 g/mol. The first kappa shape index (κ1) is 18.7. The Morgan fingerprint density at radius 1 is 1.48 bits per heavy atom. The lowest BCUT2D eigenvalue weighted by molar-refractivity contribution is -0.124. The molecule has 132 valence electrons. The minimum absolute atomic E-state index is 0.0384. The minimum atomic E-state index is -0.642. The molecular formula is C19H22FN3O2. The highest BCUT2D eigenvalue weighted by molar-refractivity contribution is 5.99. The first-order valence-electron chi connectivity index (χ1n) is 8.13. The van der Waals surface area contributed by atoms with Crippen molar-refractivity contribution in [2.45, 2.75) is 26.7 Å². The third-order valence-corrected chi connectivity index (χ3v) is 4.58. The number of hydrogen-bond donors (Lipinski definition) is 1. The maximum Gasteiger partial charge on any atom is 0.253 e. The molecule has 1 aliphatic rings. The molecule has 0 spiro atoms. The largest absolute Gasteiger partial charge is 0.396 e. The van der Waals surface area contributed by atoms with Crippen LogP contribution in [0.3, 0.4) is 0 Å². The Bertz CT molecular complexity index is 777. The van der Waals surface area contributed by atoms with Gasteiger partial charge in [-0.05, 0) is 37.0 Å². The Balaban J connectivity index is 2.03. The van der Waals surface area contributed by atoms with Gasteiger partial charge in [0.1, 0.15) is 11.9 Å². The van der Waals surface area contributed by atoms with E-state index in [4.69, 9.17) is 11.0 Å². The van der Waals surface area contributed by atoms with Crippen molar-refractivity contribution < 1.29 is 14.0 Å². The van der Waals surface area contributed by atoms with E-state index >= 15 is 0 Å². The van der Waals surface area contributed by atoms with E-state index in [0.29, 0.717) is 19.4 Å². The number of nitrogens with zero attached hydrogens (tertiary/aromatic N) is 2. The third kappa shape index (κ3) is 4.05. The van der Waals surface area contributed by atoms with Gasteiger partial charge in [-0.25, -0.2) is 4.39 Å². The minimum Gasteiger partial charge on any atom is -0.396 e. The van der Waals surface area contributed by atoms with Crippen LogP contribution in [0.1, 0.15) is 42.6 Å². The molecule has 1 aromatic carbocycles. The standard InChI is InChI=1S/C19H22FN3O2/c1-19(2)10-12(8-16(22)17(19)24)6-7-23(3)18(25)13-4-5-15(20)14(9-13)11-21/h4-5,8-9,12H,6-7,10,22H2,1-3H3. The maximum atomic E-state index is 13.4. The Kier molecular flexibility index (Phi) is 5.27. The van der Waals surface area contributed by atoms with Gasteiger partial charge in [-0.15, -0.1) is 0 Å². The fourth-order valence-corrected chi connectivity index (χ4v) is 3.14. The average Bonchev–Trinajstić information content (AvgIpc) is 2.57. The molecule has 0 bridgehead atoms. The molecule has 25 heavy (non-hydrogen) atoms. The second kappa shape index (κ2) is 7.06. The van der Waals surface area contributed by atoms with Gasteiger partial charge >= 0.3 is 0 Å². The summed E-state index contributed by atoms with van der Waals surface area (Å²) in [5, 5.41) is 8.87. The molecule has 1 aliphatic carbocycles. The highest BCUT2D eigenvalue weighted by atomic mass is 19.1. The predicted octanol–water partition coefficient (Wildman–Crippen LogP) is 2.62. The molecule has 0 saturated heterocycles. The van der Waals surface area contributed by atoms with Crippen LogP contribution in [0.25, 0.3) is 0 Å². The Hall–Kier alpha value is -2.68. The molecule has 5 nitrogen and oxygen atoms in total. The van der Waals surface area contributed by atoms with Crippen molar-refractivity contribution >= 4 is 11.7 Å². The Morgan fingerprint density at radius 3 is 2.76 bits per heavy atom. The van der Waals surface area contributed by atoms with Crippen LogP contribution in [0, 0.1) is 28.5 Å². The zero-order valence-electron chi connectivity index (χ0n) is 14.7. The number of hydrogen-bond acceptors (Lipinski definition) is 4. The molecule has 0 heterocycles. The molecule has 0 radical (unpaired) electrons. The van der Waals surface area contributed by atoms with E-state index in [1.165, 1.54) is 17.0 Å². The monoisotopic (exact) mass is 343 g/mol. The van der Waals surface area contributed by atoms with Gasteiger partial charge in [0.05, 0.1) is 11.3 Å². The first-order chi connectivity index (χ1) is 11.7. The summed E-state index contributed by atoms with van der Waals surface area (Å²) in [6, 6.07) is 5.48. The SMILES string of the molecule is CN(CCC1C=C(N)C(=O)C(C)(C)C1)C(=O)c1ccc(F)c(C#N)c1. The van der Waals surface area contributed by atoms with Gasteiger partial charge in [-0.1, -0.05) is 19.9 Å². The number of nitriles is 1. The summed E-state index contributed by atoms with van der Waals surface area (Å²) in [6.07, 6.45) is 3.13. The highest BCUT2D eigenvalue weighted by Crippen LogP contribution is 2.35. The highest BCUT2D eigenvalue weighted by Gasteiger charge is 2.35. The van der Waals surface area contributed by atoms with Crippen LogP contribution in [0.5, 0.6) is 0 Å². The summed E-state index contributed by atoms with van der Waals surface area (Å²) in [4.78, 5) is 26.0. The van der Waals surface area contributed by atoms with E-state index in [-0.39, 0.29) is 34.4 Å². The summed E-state index contributed by atoms with van der Waals surface area (Å²) in [5.41, 5.74) is 5.72. The number of benzene rings is 1. The lowest BCUT2D eigenvalue weighted by Gasteiger charge is -2.32.